The molecule has 0 saturated heterocycles. The molecule has 6 atom stereocenters. The van der Waals surface area contributed by atoms with Crippen molar-refractivity contribution in [3.8, 4) is 0 Å². The zero-order chi connectivity index (χ0) is 30.3. The van der Waals surface area contributed by atoms with Crippen LogP contribution in [0.2, 0.25) is 15.1 Å². The molecule has 2 aromatic rings. The van der Waals surface area contributed by atoms with Gasteiger partial charge in [0.25, 0.3) is 5.91 Å². The number of hydrogen-bond acceptors (Lipinski definition) is 6. The number of carbonyl (C=O) groups excluding carboxylic acids is 2. The fourth-order valence-electron chi connectivity index (χ4n) is 5.17. The number of aliphatic imine (C=N–C) groups is 1. The average Bonchev–Trinajstić information content (AvgIpc) is 3.19. The number of rotatable bonds is 10. The lowest BCUT2D eigenvalue weighted by molar-refractivity contribution is -0.152. The number of esters is 1. The number of nitrogens with two attached hydrogens (primary N) is 1. The molecule has 1 amide bonds. The Labute approximate surface area is 257 Å². The smallest absolute Gasteiger partial charge is 0.322 e. The van der Waals surface area contributed by atoms with E-state index < -0.39 is 23.8 Å². The molecule has 41 heavy (non-hydrogen) atoms. The number of carbonyl (C=O) groups is 2. The molecular formula is C31H39Cl3N4O3. The van der Waals surface area contributed by atoms with Gasteiger partial charge in [0, 0.05) is 22.0 Å². The number of ether oxygens (including phenoxy) is 1. The first-order valence-electron chi connectivity index (χ1n) is 14.0. The van der Waals surface area contributed by atoms with Crippen LogP contribution in [0, 0.1) is 23.2 Å². The van der Waals surface area contributed by atoms with Crippen molar-refractivity contribution in [2.24, 2.45) is 28.5 Å². The molecule has 0 spiro atoms. The van der Waals surface area contributed by atoms with Crippen molar-refractivity contribution in [1.29, 1.82) is 5.41 Å². The van der Waals surface area contributed by atoms with Crippen molar-refractivity contribution in [2.75, 3.05) is 0 Å². The highest BCUT2D eigenvalue weighted by Crippen LogP contribution is 2.33. The summed E-state index contributed by atoms with van der Waals surface area (Å²) in [4.78, 5) is 30.2. The fourth-order valence-corrected chi connectivity index (χ4v) is 5.75. The first kappa shape index (κ1) is 33.1. The first-order chi connectivity index (χ1) is 19.4. The minimum absolute atomic E-state index is 0.111. The van der Waals surface area contributed by atoms with Crippen molar-refractivity contribution < 1.29 is 14.3 Å². The Morgan fingerprint density at radius 3 is 2.20 bits per heavy atom. The zero-order valence-corrected chi connectivity index (χ0v) is 26.2. The molecule has 3 rings (SSSR count). The van der Waals surface area contributed by atoms with Crippen molar-refractivity contribution in [3.05, 3.63) is 63.1 Å². The van der Waals surface area contributed by atoms with Crippen LogP contribution in [0.5, 0.6) is 0 Å². The molecule has 0 aliphatic heterocycles. The van der Waals surface area contributed by atoms with Gasteiger partial charge in [-0.05, 0) is 87.8 Å². The summed E-state index contributed by atoms with van der Waals surface area (Å²) in [7, 11) is 0. The Bertz CT molecular complexity index is 1270. The minimum atomic E-state index is -0.665. The third kappa shape index (κ3) is 9.27. The van der Waals surface area contributed by atoms with Gasteiger partial charge in [-0.1, -0.05) is 66.7 Å². The van der Waals surface area contributed by atoms with Gasteiger partial charge in [0.05, 0.1) is 16.4 Å². The fraction of sp³-hybridized carbons (Fsp3) is 0.484. The molecule has 0 heterocycles. The minimum Gasteiger partial charge on any atom is -0.461 e. The highest BCUT2D eigenvalue weighted by molar-refractivity contribution is 6.43. The molecule has 0 radical (unpaired) electrons. The van der Waals surface area contributed by atoms with E-state index in [9.17, 15) is 9.59 Å². The van der Waals surface area contributed by atoms with E-state index in [1.165, 1.54) is 0 Å². The quantitative estimate of drug-likeness (QED) is 0.145. The molecule has 7 nitrogen and oxygen atoms in total. The van der Waals surface area contributed by atoms with Gasteiger partial charge in [-0.15, -0.1) is 0 Å². The number of amides is 1. The van der Waals surface area contributed by atoms with Crippen LogP contribution in [0.25, 0.3) is 0 Å². The van der Waals surface area contributed by atoms with Crippen LogP contribution in [0.15, 0.2) is 47.5 Å². The monoisotopic (exact) mass is 620 g/mol. The van der Waals surface area contributed by atoms with Crippen LogP contribution in [-0.2, 0) is 14.3 Å². The molecule has 1 aliphatic carbocycles. The lowest BCUT2D eigenvalue weighted by Crippen LogP contribution is -2.45. The normalized spacial score (nSPS) is 20.7. The predicted octanol–water partition coefficient (Wildman–Crippen LogP) is 7.40. The van der Waals surface area contributed by atoms with E-state index in [4.69, 9.17) is 55.7 Å². The van der Waals surface area contributed by atoms with E-state index in [1.54, 1.807) is 56.3 Å². The molecule has 1 aliphatic rings. The number of halogens is 3. The van der Waals surface area contributed by atoms with Gasteiger partial charge < -0.3 is 15.8 Å². The molecule has 6 unspecified atom stereocenters. The second-order valence-corrected chi connectivity index (χ2v) is 12.2. The van der Waals surface area contributed by atoms with Crippen LogP contribution >= 0.6 is 34.8 Å². The summed E-state index contributed by atoms with van der Waals surface area (Å²) in [5.41, 5.74) is 7.29. The summed E-state index contributed by atoms with van der Waals surface area (Å²) < 4.78 is 5.60. The number of hydrogen-bond donors (Lipinski definition) is 3. The van der Waals surface area contributed by atoms with E-state index in [2.05, 4.69) is 5.32 Å². The SMILES string of the molecule is CC(N)C(=O)OC(C)C1CCCCC(C(C)NC(=O)C(=N)C(C)C(=Nc2ccc(Cl)cc2Cl)c2ccc(Cl)cc2)C1. The van der Waals surface area contributed by atoms with Crippen molar-refractivity contribution in [1.82, 2.24) is 5.32 Å². The maximum Gasteiger partial charge on any atom is 0.322 e. The molecule has 0 aromatic heterocycles. The van der Waals surface area contributed by atoms with Crippen molar-refractivity contribution in [3.63, 3.8) is 0 Å². The van der Waals surface area contributed by atoms with Crippen molar-refractivity contribution >= 4 is 63.8 Å². The maximum absolute atomic E-state index is 13.4. The maximum atomic E-state index is 13.4. The number of benzene rings is 2. The highest BCUT2D eigenvalue weighted by atomic mass is 35.5. The van der Waals surface area contributed by atoms with Gasteiger partial charge >= 0.3 is 5.97 Å². The summed E-state index contributed by atoms with van der Waals surface area (Å²) in [6.45, 7) is 7.29. The number of nitrogens with one attached hydrogen (secondary N) is 2. The summed E-state index contributed by atoms with van der Waals surface area (Å²) in [5, 5.41) is 13.3. The number of nitrogens with zero attached hydrogens (tertiary/aromatic N) is 1. The standard InChI is InChI=1S/C31H39Cl3N4O3/c1-17(29(21-9-11-24(32)12-10-21)38-27-14-13-25(33)16-26(27)34)28(36)30(39)37-19(3)22-7-5-6-8-23(15-22)20(4)41-31(40)18(2)35/h9-14,16-20,22-23,36H,5-8,15,35H2,1-4H3,(H,37,39). The summed E-state index contributed by atoms with van der Waals surface area (Å²) in [6.07, 6.45) is 4.51. The van der Waals surface area contributed by atoms with Crippen LogP contribution in [0.1, 0.15) is 65.4 Å². The average molecular weight is 622 g/mol. The first-order valence-corrected chi connectivity index (χ1v) is 15.2. The molecule has 1 fully saturated rings. The Morgan fingerprint density at radius 2 is 1.59 bits per heavy atom. The Hall–Kier alpha value is -2.45. The summed E-state index contributed by atoms with van der Waals surface area (Å²) >= 11 is 18.6. The molecule has 10 heteroatoms. The Morgan fingerprint density at radius 1 is 0.976 bits per heavy atom. The largest absolute Gasteiger partial charge is 0.461 e. The van der Waals surface area contributed by atoms with Crippen LogP contribution in [0.3, 0.4) is 0 Å². The van der Waals surface area contributed by atoms with E-state index in [1.807, 2.05) is 13.8 Å². The molecular weight excluding hydrogens is 583 g/mol. The van der Waals surface area contributed by atoms with Gasteiger partial charge in [0.1, 0.15) is 17.9 Å². The zero-order valence-electron chi connectivity index (χ0n) is 23.9. The molecule has 4 N–H and O–H groups in total. The van der Waals surface area contributed by atoms with Gasteiger partial charge in [-0.25, -0.2) is 0 Å². The predicted molar refractivity (Wildman–Crippen MR) is 168 cm³/mol. The van der Waals surface area contributed by atoms with Gasteiger partial charge in [0.15, 0.2) is 0 Å². The lowest BCUT2D eigenvalue weighted by atomic mass is 9.85. The third-order valence-corrected chi connectivity index (χ3v) is 8.58. The summed E-state index contributed by atoms with van der Waals surface area (Å²) in [5.74, 6) is -1.14. The highest BCUT2D eigenvalue weighted by Gasteiger charge is 2.32. The second-order valence-electron chi connectivity index (χ2n) is 11.0. The van der Waals surface area contributed by atoms with Gasteiger partial charge in [0.2, 0.25) is 0 Å². The lowest BCUT2D eigenvalue weighted by Gasteiger charge is -2.30. The van der Waals surface area contributed by atoms with E-state index in [-0.39, 0.29) is 29.7 Å². The third-order valence-electron chi connectivity index (χ3n) is 7.79. The van der Waals surface area contributed by atoms with E-state index >= 15 is 0 Å². The Kier molecular flexibility index (Phi) is 12.2. The molecule has 0 bridgehead atoms. The Balaban J connectivity index is 1.76. The van der Waals surface area contributed by atoms with E-state index in [0.29, 0.717) is 26.5 Å². The molecule has 1 saturated carbocycles. The second kappa shape index (κ2) is 15.1. The van der Waals surface area contributed by atoms with E-state index in [0.717, 1.165) is 37.7 Å². The van der Waals surface area contributed by atoms with Crippen LogP contribution < -0.4 is 11.1 Å². The summed E-state index contributed by atoms with van der Waals surface area (Å²) in [6, 6.07) is 11.2. The topological polar surface area (TPSA) is 118 Å². The van der Waals surface area contributed by atoms with Crippen LogP contribution in [-0.4, -0.2) is 41.5 Å². The molecule has 2 aromatic carbocycles. The van der Waals surface area contributed by atoms with Gasteiger partial charge in [-0.3, -0.25) is 20.0 Å². The van der Waals surface area contributed by atoms with Crippen molar-refractivity contribution in [2.45, 2.75) is 78.0 Å². The van der Waals surface area contributed by atoms with Gasteiger partial charge in [-0.2, -0.15) is 0 Å². The van der Waals surface area contributed by atoms with Crippen LogP contribution in [0.4, 0.5) is 5.69 Å². The molecule has 222 valence electrons.